The first-order valence-electron chi connectivity index (χ1n) is 11.8. The Balaban J connectivity index is 2.02. The van der Waals surface area contributed by atoms with Crippen molar-refractivity contribution in [3.63, 3.8) is 0 Å². The van der Waals surface area contributed by atoms with Crippen molar-refractivity contribution in [2.75, 3.05) is 14.2 Å². The van der Waals surface area contributed by atoms with Crippen LogP contribution in [0.15, 0.2) is 58.5 Å². The number of rotatable bonds is 6. The fourth-order valence-electron chi connectivity index (χ4n) is 3.80. The van der Waals surface area contributed by atoms with E-state index in [1.54, 1.807) is 38.8 Å². The predicted molar refractivity (Wildman–Crippen MR) is 148 cm³/mol. The minimum absolute atomic E-state index is 0.170. The average Bonchev–Trinajstić information content (AvgIpc) is 2.81. The molecule has 0 spiro atoms. The van der Waals surface area contributed by atoms with E-state index >= 15 is 0 Å². The summed E-state index contributed by atoms with van der Waals surface area (Å²) in [4.78, 5) is 9.24. The van der Waals surface area contributed by atoms with Crippen molar-refractivity contribution in [1.29, 1.82) is 0 Å². The summed E-state index contributed by atoms with van der Waals surface area (Å²) in [6.07, 6.45) is 3.23. The Morgan fingerprint density at radius 1 is 0.639 bits per heavy atom. The Morgan fingerprint density at radius 3 is 1.31 bits per heavy atom. The van der Waals surface area contributed by atoms with Gasteiger partial charge in [0, 0.05) is 34.7 Å². The lowest BCUT2D eigenvalue weighted by Gasteiger charge is -2.22. The quantitative estimate of drug-likeness (QED) is 0.359. The molecular weight excluding hydrogens is 452 g/mol. The van der Waals surface area contributed by atoms with Crippen molar-refractivity contribution < 1.29 is 19.7 Å². The summed E-state index contributed by atoms with van der Waals surface area (Å²) >= 11 is 0. The minimum Gasteiger partial charge on any atom is -0.507 e. The molecule has 0 heterocycles. The van der Waals surface area contributed by atoms with E-state index < -0.39 is 0 Å². The first-order chi connectivity index (χ1) is 16.8. The highest BCUT2D eigenvalue weighted by Crippen LogP contribution is 2.38. The molecule has 36 heavy (non-hydrogen) atoms. The molecule has 0 amide bonds. The van der Waals surface area contributed by atoms with Crippen LogP contribution in [0, 0.1) is 0 Å². The van der Waals surface area contributed by atoms with E-state index in [2.05, 4.69) is 9.98 Å². The molecule has 0 fully saturated rings. The van der Waals surface area contributed by atoms with Crippen LogP contribution in [0.4, 0.5) is 11.4 Å². The van der Waals surface area contributed by atoms with Crippen molar-refractivity contribution in [3.05, 3.63) is 70.8 Å². The molecule has 0 saturated heterocycles. The number of para-hydroxylation sites is 2. The number of aromatic hydroxyl groups is 2. The second-order valence-corrected chi connectivity index (χ2v) is 10.7. The van der Waals surface area contributed by atoms with E-state index in [-0.39, 0.29) is 22.3 Å². The van der Waals surface area contributed by atoms with Crippen molar-refractivity contribution in [2.24, 2.45) is 9.98 Å². The molecule has 0 aliphatic rings. The summed E-state index contributed by atoms with van der Waals surface area (Å²) < 4.78 is 10.9. The van der Waals surface area contributed by atoms with E-state index in [9.17, 15) is 10.2 Å². The van der Waals surface area contributed by atoms with E-state index in [4.69, 9.17) is 9.47 Å². The molecular formula is C30H36N2O4. The van der Waals surface area contributed by atoms with Gasteiger partial charge in [0.2, 0.25) is 0 Å². The van der Waals surface area contributed by atoms with E-state index in [0.29, 0.717) is 34.0 Å². The van der Waals surface area contributed by atoms with Crippen LogP contribution in [0.25, 0.3) is 0 Å². The predicted octanol–water partition coefficient (Wildman–Crippen LogP) is 7.21. The van der Waals surface area contributed by atoms with Crippen molar-refractivity contribution in [1.82, 2.24) is 0 Å². The number of phenolic OH excluding ortho intramolecular Hbond substituents is 2. The monoisotopic (exact) mass is 488 g/mol. The van der Waals surface area contributed by atoms with Gasteiger partial charge in [-0.2, -0.15) is 0 Å². The summed E-state index contributed by atoms with van der Waals surface area (Å²) in [5.41, 5.74) is 3.35. The van der Waals surface area contributed by atoms with Gasteiger partial charge in [-0.25, -0.2) is 0 Å². The molecule has 0 aliphatic heterocycles. The van der Waals surface area contributed by atoms with Crippen molar-refractivity contribution in [2.45, 2.75) is 52.4 Å². The molecule has 0 radical (unpaired) electrons. The van der Waals surface area contributed by atoms with Crippen LogP contribution >= 0.6 is 0 Å². The first-order valence-corrected chi connectivity index (χ1v) is 11.8. The third-order valence-electron chi connectivity index (χ3n) is 5.88. The molecule has 3 aromatic rings. The topological polar surface area (TPSA) is 83.6 Å². The third-order valence-corrected chi connectivity index (χ3v) is 5.88. The maximum absolute atomic E-state index is 10.9. The standard InChI is InChI=1S/C30H36N2O4/c1-29(2,3)23-15-21(35-7)13-19(27(23)33)17-31-25-11-9-10-12-26(25)32-18-20-14-22(36-8)16-24(28(20)34)30(4,5)6/h9-18,33-34H,1-8H3. The molecule has 0 bridgehead atoms. The summed E-state index contributed by atoms with van der Waals surface area (Å²) in [5.74, 6) is 1.63. The summed E-state index contributed by atoms with van der Waals surface area (Å²) in [7, 11) is 3.20. The average molecular weight is 489 g/mol. The van der Waals surface area contributed by atoms with Crippen LogP contribution in [-0.2, 0) is 10.8 Å². The minimum atomic E-state index is -0.270. The maximum atomic E-state index is 10.9. The van der Waals surface area contributed by atoms with Gasteiger partial charge in [0.05, 0.1) is 25.6 Å². The number of aliphatic imine (C=N–C) groups is 2. The number of hydrogen-bond acceptors (Lipinski definition) is 6. The lowest BCUT2D eigenvalue weighted by Crippen LogP contribution is -2.12. The Bertz CT molecular complexity index is 1200. The van der Waals surface area contributed by atoms with Gasteiger partial charge in [-0.1, -0.05) is 53.7 Å². The normalized spacial score (nSPS) is 12.4. The van der Waals surface area contributed by atoms with E-state index in [1.165, 1.54) is 0 Å². The molecule has 0 atom stereocenters. The molecule has 0 aromatic heterocycles. The van der Waals surface area contributed by atoms with Gasteiger partial charge in [0.15, 0.2) is 0 Å². The molecule has 3 aromatic carbocycles. The highest BCUT2D eigenvalue weighted by atomic mass is 16.5. The zero-order chi connectivity index (χ0) is 26.7. The van der Waals surface area contributed by atoms with Gasteiger partial charge in [-0.15, -0.1) is 0 Å². The maximum Gasteiger partial charge on any atom is 0.128 e. The highest BCUT2D eigenvalue weighted by molar-refractivity contribution is 5.90. The zero-order valence-electron chi connectivity index (χ0n) is 22.4. The van der Waals surface area contributed by atoms with Crippen molar-refractivity contribution in [3.8, 4) is 23.0 Å². The van der Waals surface area contributed by atoms with Gasteiger partial charge in [0.1, 0.15) is 23.0 Å². The van der Waals surface area contributed by atoms with Crippen LogP contribution in [0.5, 0.6) is 23.0 Å². The lowest BCUT2D eigenvalue weighted by atomic mass is 9.85. The van der Waals surface area contributed by atoms with Crippen molar-refractivity contribution >= 4 is 23.8 Å². The molecule has 190 valence electrons. The van der Waals surface area contributed by atoms with E-state index in [0.717, 1.165) is 11.1 Å². The Morgan fingerprint density at radius 2 is 1.00 bits per heavy atom. The summed E-state index contributed by atoms with van der Waals surface area (Å²) in [6.45, 7) is 12.2. The van der Waals surface area contributed by atoms with Gasteiger partial charge in [-0.05, 0) is 47.2 Å². The third kappa shape index (κ3) is 6.06. The molecule has 2 N–H and O–H groups in total. The molecule has 6 nitrogen and oxygen atoms in total. The van der Waals surface area contributed by atoms with Crippen LogP contribution in [0.3, 0.4) is 0 Å². The van der Waals surface area contributed by atoms with Crippen LogP contribution in [0.1, 0.15) is 63.8 Å². The second kappa shape index (κ2) is 10.4. The zero-order valence-corrected chi connectivity index (χ0v) is 22.4. The fraction of sp³-hybridized carbons (Fsp3) is 0.333. The fourth-order valence-corrected chi connectivity index (χ4v) is 3.80. The molecule has 0 unspecified atom stereocenters. The summed E-state index contributed by atoms with van der Waals surface area (Å²) in [6, 6.07) is 14.6. The molecule has 0 saturated carbocycles. The van der Waals surface area contributed by atoms with Gasteiger partial charge >= 0.3 is 0 Å². The first kappa shape index (κ1) is 26.8. The van der Waals surface area contributed by atoms with Gasteiger partial charge in [0.25, 0.3) is 0 Å². The number of methoxy groups -OCH3 is 2. The largest absolute Gasteiger partial charge is 0.507 e. The number of benzene rings is 3. The Hall–Kier alpha value is -3.80. The number of ether oxygens (including phenoxy) is 2. The van der Waals surface area contributed by atoms with Gasteiger partial charge < -0.3 is 19.7 Å². The second-order valence-electron chi connectivity index (χ2n) is 10.7. The van der Waals surface area contributed by atoms with Crippen LogP contribution in [-0.4, -0.2) is 36.9 Å². The van der Waals surface area contributed by atoms with Crippen LogP contribution < -0.4 is 9.47 Å². The molecule has 3 rings (SSSR count). The number of hydrogen-bond donors (Lipinski definition) is 2. The Labute approximate surface area is 214 Å². The van der Waals surface area contributed by atoms with Crippen LogP contribution in [0.2, 0.25) is 0 Å². The smallest absolute Gasteiger partial charge is 0.128 e. The SMILES string of the molecule is COc1cc(C=Nc2ccccc2N=Cc2cc(OC)cc(C(C)(C)C)c2O)c(O)c(C(C)(C)C)c1. The lowest BCUT2D eigenvalue weighted by molar-refractivity contribution is 0.405. The number of nitrogens with zero attached hydrogens (tertiary/aromatic N) is 2. The number of phenols is 2. The van der Waals surface area contributed by atoms with Gasteiger partial charge in [-0.3, -0.25) is 9.98 Å². The summed E-state index contributed by atoms with van der Waals surface area (Å²) in [5, 5.41) is 21.8. The van der Waals surface area contributed by atoms with E-state index in [1.807, 2.05) is 77.9 Å². The molecule has 0 aliphatic carbocycles. The Kier molecular flexibility index (Phi) is 7.77. The highest BCUT2D eigenvalue weighted by Gasteiger charge is 2.22. The molecule has 6 heteroatoms.